The third-order valence-corrected chi connectivity index (χ3v) is 3.10. The molecule has 0 bridgehead atoms. The molecule has 0 aliphatic rings. The first-order valence-electron chi connectivity index (χ1n) is 6.38. The van der Waals surface area contributed by atoms with Crippen molar-refractivity contribution in [3.05, 3.63) is 76.8 Å². The second-order valence-electron chi connectivity index (χ2n) is 4.44. The fraction of sp³-hybridized carbons (Fsp3) is 0. The summed E-state index contributed by atoms with van der Waals surface area (Å²) in [5.74, 6) is 0. The second kappa shape index (κ2) is 5.50. The molecule has 0 aliphatic carbocycles. The molecule has 0 aliphatic heterocycles. The number of nitrogens with zero attached hydrogens (tertiary/aromatic N) is 3. The Morgan fingerprint density at radius 2 is 1.43 bits per heavy atom. The molecule has 0 atom stereocenters. The normalized spacial score (nSPS) is 11.0. The lowest BCUT2D eigenvalue weighted by molar-refractivity contribution is -0.383. The van der Waals surface area contributed by atoms with E-state index in [1.165, 1.54) is 6.07 Å². The van der Waals surface area contributed by atoms with Gasteiger partial charge in [0.1, 0.15) is 0 Å². The molecule has 3 aromatic rings. The van der Waals surface area contributed by atoms with Crippen LogP contribution in [0.4, 0.5) is 17.1 Å². The van der Waals surface area contributed by atoms with Gasteiger partial charge in [0.05, 0.1) is 21.7 Å². The van der Waals surface area contributed by atoms with E-state index in [0.29, 0.717) is 16.5 Å². The summed E-state index contributed by atoms with van der Waals surface area (Å²) < 4.78 is 0. The van der Waals surface area contributed by atoms with Crippen molar-refractivity contribution in [3.63, 3.8) is 0 Å². The maximum Gasteiger partial charge on any atom is 0.277 e. The van der Waals surface area contributed by atoms with Crippen LogP contribution in [0.3, 0.4) is 0 Å². The molecule has 0 saturated heterocycles. The minimum Gasteiger partial charge on any atom is -0.258 e. The molecule has 21 heavy (non-hydrogen) atoms. The first-order valence-corrected chi connectivity index (χ1v) is 6.38. The van der Waals surface area contributed by atoms with E-state index in [2.05, 4.69) is 10.2 Å². The van der Waals surface area contributed by atoms with Gasteiger partial charge in [0.25, 0.3) is 5.69 Å². The van der Waals surface area contributed by atoms with Crippen molar-refractivity contribution in [1.82, 2.24) is 0 Å². The Kier molecular flexibility index (Phi) is 3.39. The molecule has 0 N–H and O–H groups in total. The minimum atomic E-state index is -0.388. The summed E-state index contributed by atoms with van der Waals surface area (Å²) in [6.07, 6.45) is 0. The van der Waals surface area contributed by atoms with Gasteiger partial charge in [0.15, 0.2) is 0 Å². The van der Waals surface area contributed by atoms with Crippen LogP contribution in [-0.2, 0) is 0 Å². The molecule has 102 valence electrons. The lowest BCUT2D eigenvalue weighted by atomic mass is 10.1. The number of fused-ring (bicyclic) bond motifs is 1. The Bertz CT molecular complexity index is 829. The Hall–Kier alpha value is -3.08. The minimum absolute atomic E-state index is 0.0734. The quantitative estimate of drug-likeness (QED) is 0.377. The molecule has 3 rings (SSSR count). The van der Waals surface area contributed by atoms with Gasteiger partial charge in [-0.1, -0.05) is 36.4 Å². The maximum atomic E-state index is 11.1. The van der Waals surface area contributed by atoms with Crippen LogP contribution in [0.5, 0.6) is 0 Å². The predicted octanol–water partition coefficient (Wildman–Crippen LogP) is 5.16. The Morgan fingerprint density at radius 1 is 0.762 bits per heavy atom. The fourth-order valence-corrected chi connectivity index (χ4v) is 2.12. The van der Waals surface area contributed by atoms with Crippen molar-refractivity contribution in [2.45, 2.75) is 0 Å². The van der Waals surface area contributed by atoms with Crippen molar-refractivity contribution in [2.75, 3.05) is 0 Å². The summed E-state index contributed by atoms with van der Waals surface area (Å²) in [6.45, 7) is 0. The highest BCUT2D eigenvalue weighted by molar-refractivity contribution is 5.98. The zero-order valence-electron chi connectivity index (χ0n) is 11.0. The summed E-state index contributed by atoms with van der Waals surface area (Å²) >= 11 is 0. The first kappa shape index (κ1) is 12.9. The van der Waals surface area contributed by atoms with Crippen LogP contribution in [0.15, 0.2) is 77.0 Å². The Morgan fingerprint density at radius 3 is 2.14 bits per heavy atom. The summed E-state index contributed by atoms with van der Waals surface area (Å²) in [5.41, 5.74) is 1.42. The number of azo groups is 1. The average Bonchev–Trinajstić information content (AvgIpc) is 2.53. The van der Waals surface area contributed by atoms with Crippen LogP contribution in [-0.4, -0.2) is 4.92 Å². The van der Waals surface area contributed by atoms with Crippen LogP contribution in [0.25, 0.3) is 10.8 Å². The molecule has 5 heteroatoms. The highest BCUT2D eigenvalue weighted by Crippen LogP contribution is 2.33. The number of hydrogen-bond donors (Lipinski definition) is 0. The van der Waals surface area contributed by atoms with Gasteiger partial charge in [0.2, 0.25) is 0 Å². The van der Waals surface area contributed by atoms with E-state index in [9.17, 15) is 10.1 Å². The molecule has 5 nitrogen and oxygen atoms in total. The first-order chi connectivity index (χ1) is 10.3. The topological polar surface area (TPSA) is 67.9 Å². The Balaban J connectivity index is 2.10. The number of non-ortho nitro benzene ring substituents is 1. The monoisotopic (exact) mass is 277 g/mol. The molecule has 0 fully saturated rings. The van der Waals surface area contributed by atoms with Gasteiger partial charge < -0.3 is 0 Å². The van der Waals surface area contributed by atoms with Crippen LogP contribution >= 0.6 is 0 Å². The molecular formula is C16H11N3O2. The van der Waals surface area contributed by atoms with Crippen molar-refractivity contribution < 1.29 is 4.92 Å². The van der Waals surface area contributed by atoms with Crippen molar-refractivity contribution in [2.24, 2.45) is 10.2 Å². The van der Waals surface area contributed by atoms with Crippen LogP contribution < -0.4 is 0 Å². The molecule has 0 heterocycles. The fourth-order valence-electron chi connectivity index (χ4n) is 2.12. The molecule has 0 radical (unpaired) electrons. The highest BCUT2D eigenvalue weighted by atomic mass is 16.6. The van der Waals surface area contributed by atoms with Crippen LogP contribution in [0, 0.1) is 10.1 Å². The van der Waals surface area contributed by atoms with Crippen molar-refractivity contribution >= 4 is 27.8 Å². The summed E-state index contributed by atoms with van der Waals surface area (Å²) in [4.78, 5) is 10.7. The molecular weight excluding hydrogens is 266 g/mol. The van der Waals surface area contributed by atoms with E-state index in [1.54, 1.807) is 18.2 Å². The van der Waals surface area contributed by atoms with E-state index in [1.807, 2.05) is 42.5 Å². The molecule has 0 saturated carbocycles. The lowest BCUT2D eigenvalue weighted by Gasteiger charge is -2.02. The zero-order valence-corrected chi connectivity index (χ0v) is 11.0. The Labute approximate surface area is 120 Å². The van der Waals surface area contributed by atoms with Gasteiger partial charge in [-0.3, -0.25) is 10.1 Å². The number of rotatable bonds is 3. The zero-order chi connectivity index (χ0) is 14.7. The third-order valence-electron chi connectivity index (χ3n) is 3.10. The van der Waals surface area contributed by atoms with E-state index in [4.69, 9.17) is 0 Å². The van der Waals surface area contributed by atoms with E-state index in [-0.39, 0.29) is 10.6 Å². The van der Waals surface area contributed by atoms with Crippen molar-refractivity contribution in [1.29, 1.82) is 0 Å². The highest BCUT2D eigenvalue weighted by Gasteiger charge is 2.13. The van der Waals surface area contributed by atoms with Crippen molar-refractivity contribution in [3.8, 4) is 0 Å². The maximum absolute atomic E-state index is 11.1. The van der Waals surface area contributed by atoms with Crippen LogP contribution in [0.2, 0.25) is 0 Å². The van der Waals surface area contributed by atoms with Gasteiger partial charge in [-0.15, -0.1) is 5.11 Å². The molecule has 0 unspecified atom stereocenters. The SMILES string of the molecule is O=[N+]([O-])c1ccc(N=Nc2ccccc2)c2ccccc12. The van der Waals surface area contributed by atoms with Gasteiger partial charge in [0, 0.05) is 11.5 Å². The second-order valence-corrected chi connectivity index (χ2v) is 4.44. The number of nitro groups is 1. The predicted molar refractivity (Wildman–Crippen MR) is 81.2 cm³/mol. The number of hydrogen-bond acceptors (Lipinski definition) is 4. The van der Waals surface area contributed by atoms with Gasteiger partial charge in [-0.2, -0.15) is 5.11 Å². The van der Waals surface area contributed by atoms with E-state index >= 15 is 0 Å². The molecule has 0 amide bonds. The van der Waals surface area contributed by atoms with E-state index < -0.39 is 0 Å². The lowest BCUT2D eigenvalue weighted by Crippen LogP contribution is -1.89. The average molecular weight is 277 g/mol. The summed E-state index contributed by atoms with van der Waals surface area (Å²) in [7, 11) is 0. The van der Waals surface area contributed by atoms with Crippen LogP contribution in [0.1, 0.15) is 0 Å². The van der Waals surface area contributed by atoms with Gasteiger partial charge in [-0.05, 0) is 24.3 Å². The smallest absolute Gasteiger partial charge is 0.258 e. The number of benzene rings is 3. The summed E-state index contributed by atoms with van der Waals surface area (Å²) in [6, 6.07) is 19.5. The largest absolute Gasteiger partial charge is 0.277 e. The molecule has 0 spiro atoms. The molecule has 3 aromatic carbocycles. The third kappa shape index (κ3) is 2.62. The van der Waals surface area contributed by atoms with Gasteiger partial charge in [-0.25, -0.2) is 0 Å². The number of nitro benzene ring substituents is 1. The van der Waals surface area contributed by atoms with Gasteiger partial charge >= 0.3 is 0 Å². The standard InChI is InChI=1S/C16H11N3O2/c20-19(21)16-11-10-15(13-8-4-5-9-14(13)16)18-17-12-6-2-1-3-7-12/h1-11H. The van der Waals surface area contributed by atoms with E-state index in [0.717, 1.165) is 5.69 Å². The summed E-state index contributed by atoms with van der Waals surface area (Å²) in [5, 5.41) is 20.7. The molecule has 0 aromatic heterocycles.